The standard InChI is InChI=1S/C11H21N3O/c12-11(13-15)10-4-7-14(8-5-10)6-3-9-1-2-9/h9-10,15H,1-8H2,(H2,12,13). The first-order valence-corrected chi connectivity index (χ1v) is 5.99. The lowest BCUT2D eigenvalue weighted by Crippen LogP contribution is -2.39. The zero-order valence-electron chi connectivity index (χ0n) is 9.23. The Kier molecular flexibility index (Phi) is 3.46. The van der Waals surface area contributed by atoms with Crippen LogP contribution < -0.4 is 5.73 Å². The molecule has 1 heterocycles. The van der Waals surface area contributed by atoms with Gasteiger partial charge in [-0.2, -0.15) is 0 Å². The van der Waals surface area contributed by atoms with E-state index in [4.69, 9.17) is 10.9 Å². The maximum Gasteiger partial charge on any atom is 0.142 e. The van der Waals surface area contributed by atoms with E-state index < -0.39 is 0 Å². The Labute approximate surface area is 91.1 Å². The van der Waals surface area contributed by atoms with Gasteiger partial charge >= 0.3 is 0 Å². The molecule has 1 aliphatic carbocycles. The van der Waals surface area contributed by atoms with E-state index in [1.165, 1.54) is 25.8 Å². The monoisotopic (exact) mass is 211 g/mol. The van der Waals surface area contributed by atoms with Gasteiger partial charge in [-0.25, -0.2) is 0 Å². The normalized spacial score (nSPS) is 25.7. The quantitative estimate of drug-likeness (QED) is 0.318. The number of nitrogens with zero attached hydrogens (tertiary/aromatic N) is 2. The number of hydrogen-bond donors (Lipinski definition) is 2. The summed E-state index contributed by atoms with van der Waals surface area (Å²) in [6, 6.07) is 0. The molecule has 0 amide bonds. The molecule has 1 saturated heterocycles. The largest absolute Gasteiger partial charge is 0.409 e. The summed E-state index contributed by atoms with van der Waals surface area (Å²) in [7, 11) is 0. The molecule has 4 heteroatoms. The Morgan fingerprint density at radius 3 is 2.47 bits per heavy atom. The van der Waals surface area contributed by atoms with E-state index in [-0.39, 0.29) is 0 Å². The third-order valence-electron chi connectivity index (χ3n) is 3.67. The second-order valence-electron chi connectivity index (χ2n) is 4.87. The fourth-order valence-electron chi connectivity index (χ4n) is 2.31. The molecule has 1 aliphatic heterocycles. The molecule has 0 unspecified atom stereocenters. The topological polar surface area (TPSA) is 61.9 Å². The summed E-state index contributed by atoms with van der Waals surface area (Å²) in [6.07, 6.45) is 6.34. The zero-order chi connectivity index (χ0) is 10.7. The summed E-state index contributed by atoms with van der Waals surface area (Å²) < 4.78 is 0. The lowest BCUT2D eigenvalue weighted by molar-refractivity contribution is 0.201. The predicted molar refractivity (Wildman–Crippen MR) is 59.9 cm³/mol. The van der Waals surface area contributed by atoms with E-state index in [2.05, 4.69) is 10.1 Å². The molecule has 2 fully saturated rings. The van der Waals surface area contributed by atoms with Gasteiger partial charge in [-0.15, -0.1) is 0 Å². The Bertz CT molecular complexity index is 230. The van der Waals surface area contributed by atoms with Gasteiger partial charge < -0.3 is 15.8 Å². The van der Waals surface area contributed by atoms with Crippen molar-refractivity contribution in [2.24, 2.45) is 22.7 Å². The lowest BCUT2D eigenvalue weighted by Gasteiger charge is -2.31. The van der Waals surface area contributed by atoms with Gasteiger partial charge in [0.15, 0.2) is 0 Å². The molecule has 0 aromatic carbocycles. The van der Waals surface area contributed by atoms with Crippen LogP contribution in [0.3, 0.4) is 0 Å². The van der Waals surface area contributed by atoms with E-state index in [9.17, 15) is 0 Å². The van der Waals surface area contributed by atoms with Gasteiger partial charge in [-0.05, 0) is 44.8 Å². The highest BCUT2D eigenvalue weighted by molar-refractivity contribution is 5.82. The number of nitrogens with two attached hydrogens (primary N) is 1. The number of rotatable bonds is 4. The van der Waals surface area contributed by atoms with Crippen LogP contribution in [-0.2, 0) is 0 Å². The molecular weight excluding hydrogens is 190 g/mol. The predicted octanol–water partition coefficient (Wildman–Crippen LogP) is 1.24. The molecule has 3 N–H and O–H groups in total. The second kappa shape index (κ2) is 4.84. The molecule has 1 saturated carbocycles. The average molecular weight is 211 g/mol. The van der Waals surface area contributed by atoms with Crippen LogP contribution in [0, 0.1) is 11.8 Å². The minimum absolute atomic E-state index is 0.298. The highest BCUT2D eigenvalue weighted by atomic mass is 16.4. The molecule has 0 spiro atoms. The molecule has 0 atom stereocenters. The fourth-order valence-corrected chi connectivity index (χ4v) is 2.31. The van der Waals surface area contributed by atoms with Crippen molar-refractivity contribution in [2.75, 3.05) is 19.6 Å². The van der Waals surface area contributed by atoms with Gasteiger partial charge in [0.05, 0.1) is 0 Å². The van der Waals surface area contributed by atoms with Crippen LogP contribution in [0.1, 0.15) is 32.1 Å². The minimum Gasteiger partial charge on any atom is -0.409 e. The van der Waals surface area contributed by atoms with Crippen molar-refractivity contribution in [2.45, 2.75) is 32.1 Å². The van der Waals surface area contributed by atoms with Crippen LogP contribution in [0.4, 0.5) is 0 Å². The number of likely N-dealkylation sites (tertiary alicyclic amines) is 1. The summed E-state index contributed by atoms with van der Waals surface area (Å²) in [4.78, 5) is 2.51. The summed E-state index contributed by atoms with van der Waals surface area (Å²) in [6.45, 7) is 3.45. The molecule has 0 radical (unpaired) electrons. The van der Waals surface area contributed by atoms with Crippen LogP contribution in [0.2, 0.25) is 0 Å². The molecule has 2 aliphatic rings. The Morgan fingerprint density at radius 1 is 1.27 bits per heavy atom. The van der Waals surface area contributed by atoms with Crippen LogP contribution in [0.5, 0.6) is 0 Å². The molecule has 2 rings (SSSR count). The second-order valence-corrected chi connectivity index (χ2v) is 4.87. The van der Waals surface area contributed by atoms with Gasteiger partial charge in [0, 0.05) is 5.92 Å². The average Bonchev–Trinajstić information content (AvgIpc) is 3.10. The fraction of sp³-hybridized carbons (Fsp3) is 0.909. The first-order chi connectivity index (χ1) is 7.29. The van der Waals surface area contributed by atoms with Crippen molar-refractivity contribution >= 4 is 5.84 Å². The molecule has 15 heavy (non-hydrogen) atoms. The van der Waals surface area contributed by atoms with E-state index in [0.29, 0.717) is 11.8 Å². The number of piperidine rings is 1. The Balaban J connectivity index is 1.66. The summed E-state index contributed by atoms with van der Waals surface area (Å²) in [5.74, 6) is 1.73. The molecule has 4 nitrogen and oxygen atoms in total. The van der Waals surface area contributed by atoms with E-state index in [1.54, 1.807) is 0 Å². The number of hydrogen-bond acceptors (Lipinski definition) is 3. The first kappa shape index (κ1) is 10.7. The van der Waals surface area contributed by atoms with E-state index in [1.807, 2.05) is 0 Å². The third kappa shape index (κ3) is 3.09. The Morgan fingerprint density at radius 2 is 1.93 bits per heavy atom. The highest BCUT2D eigenvalue weighted by Crippen LogP contribution is 2.32. The molecule has 86 valence electrons. The van der Waals surface area contributed by atoms with E-state index in [0.717, 1.165) is 31.8 Å². The summed E-state index contributed by atoms with van der Waals surface area (Å²) >= 11 is 0. The van der Waals surface area contributed by atoms with Gasteiger partial charge in [-0.1, -0.05) is 18.0 Å². The van der Waals surface area contributed by atoms with Gasteiger partial charge in [0.1, 0.15) is 5.84 Å². The van der Waals surface area contributed by atoms with Crippen LogP contribution in [0.25, 0.3) is 0 Å². The van der Waals surface area contributed by atoms with Crippen molar-refractivity contribution in [3.63, 3.8) is 0 Å². The van der Waals surface area contributed by atoms with Crippen LogP contribution in [-0.4, -0.2) is 35.6 Å². The van der Waals surface area contributed by atoms with Crippen molar-refractivity contribution < 1.29 is 5.21 Å². The van der Waals surface area contributed by atoms with Gasteiger partial charge in [0.25, 0.3) is 0 Å². The van der Waals surface area contributed by atoms with Crippen molar-refractivity contribution in [3.8, 4) is 0 Å². The molecular formula is C11H21N3O. The van der Waals surface area contributed by atoms with Crippen molar-refractivity contribution in [1.82, 2.24) is 4.90 Å². The minimum atomic E-state index is 0.298. The van der Waals surface area contributed by atoms with Gasteiger partial charge in [0.2, 0.25) is 0 Å². The lowest BCUT2D eigenvalue weighted by atomic mass is 9.95. The van der Waals surface area contributed by atoms with Gasteiger partial charge in [-0.3, -0.25) is 0 Å². The zero-order valence-corrected chi connectivity index (χ0v) is 9.23. The first-order valence-electron chi connectivity index (χ1n) is 5.99. The summed E-state index contributed by atoms with van der Waals surface area (Å²) in [5, 5.41) is 11.7. The third-order valence-corrected chi connectivity index (χ3v) is 3.67. The van der Waals surface area contributed by atoms with Crippen molar-refractivity contribution in [3.05, 3.63) is 0 Å². The molecule has 0 aromatic heterocycles. The number of oxime groups is 1. The highest BCUT2D eigenvalue weighted by Gasteiger charge is 2.25. The summed E-state index contributed by atoms with van der Waals surface area (Å²) in [5.41, 5.74) is 5.61. The smallest absolute Gasteiger partial charge is 0.142 e. The maximum absolute atomic E-state index is 8.59. The Hall–Kier alpha value is -0.770. The SMILES string of the molecule is NC(=NO)C1CCN(CCC2CC2)CC1. The van der Waals surface area contributed by atoms with Crippen molar-refractivity contribution in [1.29, 1.82) is 0 Å². The van der Waals surface area contributed by atoms with Crippen LogP contribution in [0.15, 0.2) is 5.16 Å². The van der Waals surface area contributed by atoms with Crippen LogP contribution >= 0.6 is 0 Å². The maximum atomic E-state index is 8.59. The molecule has 0 bridgehead atoms. The van der Waals surface area contributed by atoms with E-state index >= 15 is 0 Å². The number of amidine groups is 1. The molecule has 0 aromatic rings.